The summed E-state index contributed by atoms with van der Waals surface area (Å²) in [6.07, 6.45) is 2.93. The van der Waals surface area contributed by atoms with Crippen LogP contribution in [0.15, 0.2) is 22.7 Å². The summed E-state index contributed by atoms with van der Waals surface area (Å²) < 4.78 is 0.722. The minimum atomic E-state index is -0.782. The molecule has 1 aliphatic carbocycles. The molecule has 0 bridgehead atoms. The molecule has 2 N–H and O–H groups in total. The molecule has 1 aromatic rings. The Kier molecular flexibility index (Phi) is 3.58. The third-order valence-corrected chi connectivity index (χ3v) is 3.96. The SMILES string of the molecule is N#Cc1ccc(NC2(CC(=O)O)CCC2)cc1Br. The van der Waals surface area contributed by atoms with Crippen LogP contribution >= 0.6 is 15.9 Å². The molecule has 2 rings (SSSR count). The number of benzene rings is 1. The molecule has 0 amide bonds. The van der Waals surface area contributed by atoms with Gasteiger partial charge in [0, 0.05) is 15.7 Å². The summed E-state index contributed by atoms with van der Waals surface area (Å²) in [5, 5.41) is 21.1. The maximum atomic E-state index is 10.9. The first-order valence-electron chi connectivity index (χ1n) is 5.74. The molecule has 0 unspecified atom stereocenters. The summed E-state index contributed by atoms with van der Waals surface area (Å²) in [6, 6.07) is 7.43. The molecule has 0 spiro atoms. The Balaban J connectivity index is 2.15. The van der Waals surface area contributed by atoms with Crippen molar-refractivity contribution in [2.24, 2.45) is 0 Å². The molecule has 0 aliphatic heterocycles. The third-order valence-electron chi connectivity index (χ3n) is 3.30. The first-order valence-corrected chi connectivity index (χ1v) is 6.54. The fraction of sp³-hybridized carbons (Fsp3) is 0.385. The van der Waals surface area contributed by atoms with Crippen molar-refractivity contribution in [3.05, 3.63) is 28.2 Å². The maximum absolute atomic E-state index is 10.9. The van der Waals surface area contributed by atoms with Crippen molar-refractivity contribution in [1.29, 1.82) is 5.26 Å². The number of hydrogen-bond donors (Lipinski definition) is 2. The van der Waals surface area contributed by atoms with Crippen LogP contribution in [-0.2, 0) is 4.79 Å². The molecule has 1 saturated carbocycles. The lowest BCUT2D eigenvalue weighted by Gasteiger charge is -2.42. The molecule has 18 heavy (non-hydrogen) atoms. The molecule has 0 radical (unpaired) electrons. The van der Waals surface area contributed by atoms with Crippen molar-refractivity contribution in [3.63, 3.8) is 0 Å². The number of nitriles is 1. The molecule has 4 nitrogen and oxygen atoms in total. The number of rotatable bonds is 4. The first kappa shape index (κ1) is 12.9. The summed E-state index contributed by atoms with van der Waals surface area (Å²) in [5.41, 5.74) is 1.10. The number of anilines is 1. The zero-order valence-electron chi connectivity index (χ0n) is 9.74. The van der Waals surface area contributed by atoms with E-state index >= 15 is 0 Å². The molecule has 1 aliphatic rings. The lowest BCUT2D eigenvalue weighted by atomic mass is 9.74. The number of carbonyl (C=O) groups is 1. The minimum absolute atomic E-state index is 0.130. The summed E-state index contributed by atoms with van der Waals surface area (Å²) in [7, 11) is 0. The number of halogens is 1. The van der Waals surface area contributed by atoms with Gasteiger partial charge >= 0.3 is 5.97 Å². The Morgan fingerprint density at radius 2 is 2.28 bits per heavy atom. The van der Waals surface area contributed by atoms with E-state index in [2.05, 4.69) is 27.3 Å². The van der Waals surface area contributed by atoms with Gasteiger partial charge in [-0.25, -0.2) is 0 Å². The highest BCUT2D eigenvalue weighted by atomic mass is 79.9. The second kappa shape index (κ2) is 4.99. The Labute approximate surface area is 114 Å². The van der Waals surface area contributed by atoms with Gasteiger partial charge in [-0.15, -0.1) is 0 Å². The molecule has 5 heteroatoms. The molecular formula is C13H13BrN2O2. The van der Waals surface area contributed by atoms with Crippen LogP contribution in [0.4, 0.5) is 5.69 Å². The van der Waals surface area contributed by atoms with E-state index in [1.54, 1.807) is 6.07 Å². The van der Waals surface area contributed by atoms with Crippen LogP contribution in [0.1, 0.15) is 31.2 Å². The van der Waals surface area contributed by atoms with Crippen molar-refractivity contribution >= 4 is 27.6 Å². The smallest absolute Gasteiger partial charge is 0.305 e. The highest BCUT2D eigenvalue weighted by molar-refractivity contribution is 9.10. The predicted molar refractivity (Wildman–Crippen MR) is 71.3 cm³/mol. The van der Waals surface area contributed by atoms with Gasteiger partial charge in [0.25, 0.3) is 0 Å². The highest BCUT2D eigenvalue weighted by Crippen LogP contribution is 2.38. The van der Waals surface area contributed by atoms with Gasteiger partial charge in [0.2, 0.25) is 0 Å². The number of nitrogens with one attached hydrogen (secondary N) is 1. The monoisotopic (exact) mass is 308 g/mol. The highest BCUT2D eigenvalue weighted by Gasteiger charge is 2.38. The van der Waals surface area contributed by atoms with Gasteiger partial charge in [0.05, 0.1) is 12.0 Å². The van der Waals surface area contributed by atoms with E-state index in [1.807, 2.05) is 12.1 Å². The number of nitrogens with zero attached hydrogens (tertiary/aromatic N) is 1. The van der Waals surface area contributed by atoms with Crippen LogP contribution in [0.3, 0.4) is 0 Å². The standard InChI is InChI=1S/C13H13BrN2O2/c14-11-6-10(3-2-9(11)8-15)16-13(4-1-5-13)7-12(17)18/h2-3,6,16H,1,4-5,7H2,(H,17,18). The van der Waals surface area contributed by atoms with Crippen molar-refractivity contribution in [2.75, 3.05) is 5.32 Å². The van der Waals surface area contributed by atoms with Crippen molar-refractivity contribution in [3.8, 4) is 6.07 Å². The fourth-order valence-corrected chi connectivity index (χ4v) is 2.70. The van der Waals surface area contributed by atoms with Crippen molar-refractivity contribution < 1.29 is 9.90 Å². The lowest BCUT2D eigenvalue weighted by Crippen LogP contribution is -2.46. The van der Waals surface area contributed by atoms with Crippen LogP contribution in [0, 0.1) is 11.3 Å². The lowest BCUT2D eigenvalue weighted by molar-refractivity contribution is -0.138. The number of hydrogen-bond acceptors (Lipinski definition) is 3. The number of aliphatic carboxylic acids is 1. The topological polar surface area (TPSA) is 73.1 Å². The van der Waals surface area contributed by atoms with E-state index in [4.69, 9.17) is 10.4 Å². The summed E-state index contributed by atoms with van der Waals surface area (Å²) >= 11 is 3.33. The quantitative estimate of drug-likeness (QED) is 0.896. The van der Waals surface area contributed by atoms with Gasteiger partial charge in [-0.3, -0.25) is 4.79 Å². The first-order chi connectivity index (χ1) is 8.54. The van der Waals surface area contributed by atoms with Crippen LogP contribution in [0.25, 0.3) is 0 Å². The normalized spacial score (nSPS) is 16.4. The zero-order valence-corrected chi connectivity index (χ0v) is 11.3. The van der Waals surface area contributed by atoms with E-state index in [0.717, 1.165) is 29.4 Å². The molecule has 0 saturated heterocycles. The van der Waals surface area contributed by atoms with Crippen LogP contribution in [-0.4, -0.2) is 16.6 Å². The van der Waals surface area contributed by atoms with Gasteiger partial charge < -0.3 is 10.4 Å². The van der Waals surface area contributed by atoms with E-state index in [9.17, 15) is 4.79 Å². The Morgan fingerprint density at radius 1 is 1.56 bits per heavy atom. The predicted octanol–water partition coefficient (Wildman–Crippen LogP) is 3.13. The van der Waals surface area contributed by atoms with Crippen molar-refractivity contribution in [1.82, 2.24) is 0 Å². The summed E-state index contributed by atoms with van der Waals surface area (Å²) in [5.74, 6) is -0.782. The minimum Gasteiger partial charge on any atom is -0.481 e. The van der Waals surface area contributed by atoms with Gasteiger partial charge in [-0.1, -0.05) is 0 Å². The largest absolute Gasteiger partial charge is 0.481 e. The molecule has 1 aromatic carbocycles. The van der Waals surface area contributed by atoms with Gasteiger partial charge in [-0.05, 0) is 53.4 Å². The molecule has 1 fully saturated rings. The Hall–Kier alpha value is -1.54. The second-order valence-electron chi connectivity index (χ2n) is 4.64. The number of carboxylic acids is 1. The van der Waals surface area contributed by atoms with Crippen LogP contribution in [0.2, 0.25) is 0 Å². The molecule has 0 atom stereocenters. The Morgan fingerprint density at radius 3 is 2.72 bits per heavy atom. The second-order valence-corrected chi connectivity index (χ2v) is 5.49. The molecule has 0 heterocycles. The maximum Gasteiger partial charge on any atom is 0.305 e. The summed E-state index contributed by atoms with van der Waals surface area (Å²) in [6.45, 7) is 0. The van der Waals surface area contributed by atoms with E-state index in [1.165, 1.54) is 0 Å². The number of carboxylic acid groups (broad SMARTS) is 1. The van der Waals surface area contributed by atoms with Gasteiger partial charge in [-0.2, -0.15) is 5.26 Å². The molecule has 0 aromatic heterocycles. The third kappa shape index (κ3) is 2.65. The summed E-state index contributed by atoms with van der Waals surface area (Å²) in [4.78, 5) is 10.9. The fourth-order valence-electron chi connectivity index (χ4n) is 2.23. The average Bonchev–Trinajstić information content (AvgIpc) is 2.25. The van der Waals surface area contributed by atoms with Crippen LogP contribution in [0.5, 0.6) is 0 Å². The molecular weight excluding hydrogens is 296 g/mol. The van der Waals surface area contributed by atoms with Crippen molar-refractivity contribution in [2.45, 2.75) is 31.2 Å². The van der Waals surface area contributed by atoms with Gasteiger partial charge in [0.1, 0.15) is 6.07 Å². The Bertz CT molecular complexity index is 518. The zero-order chi connectivity index (χ0) is 13.2. The van der Waals surface area contributed by atoms with E-state index in [0.29, 0.717) is 5.56 Å². The van der Waals surface area contributed by atoms with E-state index in [-0.39, 0.29) is 12.0 Å². The average molecular weight is 309 g/mol. The van der Waals surface area contributed by atoms with E-state index < -0.39 is 5.97 Å². The van der Waals surface area contributed by atoms with Gasteiger partial charge in [0.15, 0.2) is 0 Å². The van der Waals surface area contributed by atoms with Crippen LogP contribution < -0.4 is 5.32 Å². The molecule has 94 valence electrons.